The van der Waals surface area contributed by atoms with Gasteiger partial charge in [-0.25, -0.2) is 22.2 Å². The van der Waals surface area contributed by atoms with Crippen molar-refractivity contribution in [2.45, 2.75) is 43.5 Å². The van der Waals surface area contributed by atoms with Crippen LogP contribution in [-0.4, -0.2) is 58.5 Å². The number of pyridine rings is 1. The molecule has 214 valence electrons. The van der Waals surface area contributed by atoms with E-state index in [1.165, 1.54) is 26.4 Å². The van der Waals surface area contributed by atoms with Gasteiger partial charge >= 0.3 is 35.5 Å². The van der Waals surface area contributed by atoms with Crippen LogP contribution >= 0.6 is 0 Å². The summed E-state index contributed by atoms with van der Waals surface area (Å²) in [5.41, 5.74) is 3.17. The molecule has 2 heterocycles. The van der Waals surface area contributed by atoms with Gasteiger partial charge in [0.25, 0.3) is 10.0 Å². The fourth-order valence-corrected chi connectivity index (χ4v) is 8.03. The predicted molar refractivity (Wildman–Crippen MR) is 149 cm³/mol. The number of fused-ring (bicyclic) bond motifs is 1. The first-order valence-electron chi connectivity index (χ1n) is 12.0. The first kappa shape index (κ1) is 32.5. The molecule has 2 aromatic carbocycles. The van der Waals surface area contributed by atoms with Gasteiger partial charge in [-0.15, -0.1) is 0 Å². The quantitative estimate of drug-likeness (QED) is 0.256. The van der Waals surface area contributed by atoms with Crippen molar-refractivity contribution in [1.29, 1.82) is 0 Å². The number of aromatic nitrogens is 3. The number of imidazole rings is 1. The number of benzene rings is 2. The first-order valence-corrected chi connectivity index (χ1v) is 14.8. The molecule has 0 radical (unpaired) electrons. The van der Waals surface area contributed by atoms with Crippen molar-refractivity contribution in [3.63, 3.8) is 0 Å². The molecular weight excluding hydrogens is 581 g/mol. The van der Waals surface area contributed by atoms with Crippen molar-refractivity contribution in [1.82, 2.24) is 13.9 Å². The number of aryl methyl sites for hydroxylation is 3. The van der Waals surface area contributed by atoms with Gasteiger partial charge in [0.1, 0.15) is 17.2 Å². The molecular formula is C27H30N3NaO8S2. The van der Waals surface area contributed by atoms with Gasteiger partial charge in [0.05, 0.1) is 52.4 Å². The third kappa shape index (κ3) is 6.44. The van der Waals surface area contributed by atoms with Gasteiger partial charge in [-0.05, 0) is 63.1 Å². The van der Waals surface area contributed by atoms with Crippen molar-refractivity contribution in [3.05, 3.63) is 64.5 Å². The minimum absolute atomic E-state index is 0. The summed E-state index contributed by atoms with van der Waals surface area (Å²) in [5.74, 6) is 0.0353. The Bertz CT molecular complexity index is 1750. The Morgan fingerprint density at radius 1 is 1.02 bits per heavy atom. The molecule has 1 unspecified atom stereocenters. The number of hydrogen-bond acceptors (Lipinski definition) is 9. The molecule has 1 atom stereocenters. The van der Waals surface area contributed by atoms with Gasteiger partial charge in [0.2, 0.25) is 5.16 Å². The Balaban J connectivity index is 0.00000308. The molecule has 0 spiro atoms. The van der Waals surface area contributed by atoms with Crippen LogP contribution in [0.25, 0.3) is 11.0 Å². The van der Waals surface area contributed by atoms with Crippen LogP contribution in [0.3, 0.4) is 0 Å². The number of hydrogen-bond donors (Lipinski definition) is 1. The molecule has 14 heteroatoms. The summed E-state index contributed by atoms with van der Waals surface area (Å²) in [5, 5.41) is 8.76. The SMILES string of the molecule is COc1ccc2c(c1)nc(S(=O)Cc1ncc(C)c(OC)c1C)n2S(=O)(=O)c1c(C)cc(OCC(=O)O)cc1C.[H-].[Na+]. The maximum absolute atomic E-state index is 14.3. The van der Waals surface area contributed by atoms with E-state index >= 15 is 0 Å². The van der Waals surface area contributed by atoms with Crippen LogP contribution < -0.4 is 43.8 Å². The number of carbonyl (C=O) groups is 1. The van der Waals surface area contributed by atoms with Gasteiger partial charge < -0.3 is 20.7 Å². The monoisotopic (exact) mass is 611 g/mol. The number of rotatable bonds is 10. The van der Waals surface area contributed by atoms with Crippen molar-refractivity contribution in [2.75, 3.05) is 20.8 Å². The molecule has 0 bridgehead atoms. The fourth-order valence-electron chi connectivity index (χ4n) is 4.56. The second kappa shape index (κ2) is 12.9. The second-order valence-electron chi connectivity index (χ2n) is 9.12. The fraction of sp³-hybridized carbons (Fsp3) is 0.296. The van der Waals surface area contributed by atoms with Crippen LogP contribution in [0.4, 0.5) is 0 Å². The Kier molecular flexibility index (Phi) is 10.2. The summed E-state index contributed by atoms with van der Waals surface area (Å²) in [6.45, 7) is 6.24. The van der Waals surface area contributed by atoms with Crippen LogP contribution in [0, 0.1) is 27.7 Å². The Hall–Kier alpha value is -2.97. The summed E-state index contributed by atoms with van der Waals surface area (Å²) in [6.07, 6.45) is 1.61. The van der Waals surface area contributed by atoms with Crippen molar-refractivity contribution >= 4 is 37.8 Å². The third-order valence-corrected chi connectivity index (χ3v) is 9.65. The molecule has 2 aromatic heterocycles. The second-order valence-corrected chi connectivity index (χ2v) is 12.2. The minimum Gasteiger partial charge on any atom is -1.00 e. The molecule has 11 nitrogen and oxygen atoms in total. The van der Waals surface area contributed by atoms with Crippen molar-refractivity contribution in [2.24, 2.45) is 0 Å². The molecule has 0 saturated carbocycles. The van der Waals surface area contributed by atoms with E-state index in [0.717, 1.165) is 9.54 Å². The molecule has 0 aliphatic heterocycles. The molecule has 0 saturated heterocycles. The number of carboxylic acid groups (broad SMARTS) is 1. The van der Waals surface area contributed by atoms with E-state index in [9.17, 15) is 17.4 Å². The smallest absolute Gasteiger partial charge is 1.00 e. The van der Waals surface area contributed by atoms with Crippen LogP contribution in [0.15, 0.2) is 46.6 Å². The summed E-state index contributed by atoms with van der Waals surface area (Å²) in [6, 6.07) is 7.62. The predicted octanol–water partition coefficient (Wildman–Crippen LogP) is 0.807. The molecule has 0 fully saturated rings. The van der Waals surface area contributed by atoms with E-state index in [1.807, 2.05) is 6.92 Å². The topological polar surface area (TPSA) is 147 Å². The van der Waals surface area contributed by atoms with Crippen molar-refractivity contribution < 1.29 is 67.7 Å². The summed E-state index contributed by atoms with van der Waals surface area (Å²) < 4.78 is 59.3. The van der Waals surface area contributed by atoms with E-state index in [-0.39, 0.29) is 63.6 Å². The molecule has 0 amide bonds. The van der Waals surface area contributed by atoms with E-state index in [4.69, 9.17) is 19.3 Å². The van der Waals surface area contributed by atoms with Gasteiger partial charge in [0, 0.05) is 23.4 Å². The largest absolute Gasteiger partial charge is 1.00 e. The average Bonchev–Trinajstić information content (AvgIpc) is 3.28. The van der Waals surface area contributed by atoms with E-state index < -0.39 is 33.4 Å². The molecule has 1 N–H and O–H groups in total. The van der Waals surface area contributed by atoms with Gasteiger partial charge in [-0.3, -0.25) is 9.19 Å². The number of methoxy groups -OCH3 is 2. The molecule has 4 rings (SSSR count). The third-order valence-electron chi connectivity index (χ3n) is 6.31. The number of ether oxygens (including phenoxy) is 3. The average molecular weight is 612 g/mol. The summed E-state index contributed by atoms with van der Waals surface area (Å²) in [4.78, 5) is 19.8. The van der Waals surface area contributed by atoms with Gasteiger partial charge in [-0.1, -0.05) is 0 Å². The zero-order chi connectivity index (χ0) is 29.4. The first-order chi connectivity index (χ1) is 18.9. The number of carboxylic acids is 1. The normalized spacial score (nSPS) is 12.0. The maximum Gasteiger partial charge on any atom is 1.00 e. The Morgan fingerprint density at radius 2 is 1.68 bits per heavy atom. The molecule has 0 aliphatic carbocycles. The number of aliphatic carboxylic acids is 1. The molecule has 41 heavy (non-hydrogen) atoms. The minimum atomic E-state index is -4.35. The Morgan fingerprint density at radius 3 is 2.27 bits per heavy atom. The van der Waals surface area contributed by atoms with E-state index in [2.05, 4.69) is 9.97 Å². The number of nitrogens with zero attached hydrogens (tertiary/aromatic N) is 3. The summed E-state index contributed by atoms with van der Waals surface area (Å²) >= 11 is 0. The van der Waals surface area contributed by atoms with Crippen LogP contribution in [0.5, 0.6) is 17.2 Å². The standard InChI is InChI=1S/C27H29N3O8S2.Na.H/c1-15-9-20(38-13-24(31)32)10-16(2)26(15)40(34,35)30-23-8-7-19(36-5)11-21(23)29-27(30)39(33)14-22-18(4)25(37-6)17(3)12-28-22;;/h7-12H,13-14H2,1-6H3,(H,31,32);;/q;+1;-1. The zero-order valence-corrected chi connectivity index (χ0v) is 27.5. The van der Waals surface area contributed by atoms with E-state index in [1.54, 1.807) is 45.2 Å². The van der Waals surface area contributed by atoms with Crippen LogP contribution in [0.1, 0.15) is 29.4 Å². The van der Waals surface area contributed by atoms with Gasteiger partial charge in [0.15, 0.2) is 6.61 Å². The van der Waals surface area contributed by atoms with Crippen molar-refractivity contribution in [3.8, 4) is 17.2 Å². The summed E-state index contributed by atoms with van der Waals surface area (Å²) in [7, 11) is -3.26. The Labute approximate surface area is 264 Å². The van der Waals surface area contributed by atoms with Gasteiger partial charge in [-0.2, -0.15) is 0 Å². The van der Waals surface area contributed by atoms with E-state index in [0.29, 0.717) is 33.9 Å². The van der Waals surface area contributed by atoms with Crippen LogP contribution in [-0.2, 0) is 31.4 Å². The maximum atomic E-state index is 14.3. The molecule has 0 aliphatic rings. The zero-order valence-electron chi connectivity index (χ0n) is 24.8. The molecule has 4 aromatic rings. The van der Waals surface area contributed by atoms with Crippen LogP contribution in [0.2, 0.25) is 0 Å².